The number of halogens is 1. The Balaban J connectivity index is 2.14. The first-order valence-corrected chi connectivity index (χ1v) is 6.39. The fourth-order valence-electron chi connectivity index (χ4n) is 1.63. The normalized spacial score (nSPS) is 12.4. The second-order valence-corrected chi connectivity index (χ2v) is 4.70. The zero-order chi connectivity index (χ0) is 13.0. The summed E-state index contributed by atoms with van der Waals surface area (Å²) in [5.74, 6) is 0.794. The van der Waals surface area contributed by atoms with E-state index in [1.807, 2.05) is 36.7 Å². The quantitative estimate of drug-likeness (QED) is 0.920. The van der Waals surface area contributed by atoms with Crippen molar-refractivity contribution in [2.24, 2.45) is 5.73 Å². The van der Waals surface area contributed by atoms with Crippen LogP contribution in [0.2, 0.25) is 5.02 Å². The van der Waals surface area contributed by atoms with E-state index in [0.717, 1.165) is 34.8 Å². The second-order valence-electron chi connectivity index (χ2n) is 4.27. The van der Waals surface area contributed by atoms with Crippen LogP contribution in [-0.4, -0.2) is 16.0 Å². The molecule has 4 heteroatoms. The smallest absolute Gasteiger partial charge is 0.129 e. The summed E-state index contributed by atoms with van der Waals surface area (Å²) in [7, 11) is 0. The summed E-state index contributed by atoms with van der Waals surface area (Å²) in [6, 6.07) is 7.76. The van der Waals surface area contributed by atoms with Gasteiger partial charge in [0.15, 0.2) is 0 Å². The molecule has 0 fully saturated rings. The van der Waals surface area contributed by atoms with Crippen LogP contribution in [-0.2, 0) is 6.42 Å². The number of aromatic nitrogens is 2. The van der Waals surface area contributed by atoms with Gasteiger partial charge in [0.2, 0.25) is 0 Å². The molecule has 0 bridgehead atoms. The molecular weight excluding hydrogens is 246 g/mol. The van der Waals surface area contributed by atoms with Crippen LogP contribution in [0, 0.1) is 0 Å². The molecule has 0 amide bonds. The van der Waals surface area contributed by atoms with E-state index in [2.05, 4.69) is 16.9 Å². The molecule has 94 valence electrons. The van der Waals surface area contributed by atoms with Crippen molar-refractivity contribution in [1.29, 1.82) is 0 Å². The van der Waals surface area contributed by atoms with Gasteiger partial charge in [-0.2, -0.15) is 0 Å². The highest BCUT2D eigenvalue weighted by atomic mass is 35.5. The Morgan fingerprint density at radius 2 is 1.72 bits per heavy atom. The lowest BCUT2D eigenvalue weighted by Gasteiger charge is -2.07. The highest BCUT2D eigenvalue weighted by Gasteiger charge is 2.05. The first-order chi connectivity index (χ1) is 8.69. The Kier molecular flexibility index (Phi) is 4.28. The van der Waals surface area contributed by atoms with Gasteiger partial charge in [-0.3, -0.25) is 0 Å². The second kappa shape index (κ2) is 5.94. The summed E-state index contributed by atoms with van der Waals surface area (Å²) >= 11 is 5.85. The van der Waals surface area contributed by atoms with Crippen molar-refractivity contribution in [2.45, 2.75) is 25.8 Å². The van der Waals surface area contributed by atoms with Crippen molar-refractivity contribution >= 4 is 11.6 Å². The molecule has 1 unspecified atom stereocenters. The number of hydrogen-bond donors (Lipinski definition) is 1. The lowest BCUT2D eigenvalue weighted by molar-refractivity contribution is 0.624. The van der Waals surface area contributed by atoms with Gasteiger partial charge in [-0.05, 0) is 24.1 Å². The maximum absolute atomic E-state index is 5.88. The fourth-order valence-corrected chi connectivity index (χ4v) is 1.76. The number of rotatable bonds is 4. The first-order valence-electron chi connectivity index (χ1n) is 6.01. The molecule has 2 aromatic rings. The minimum atomic E-state index is 0.131. The van der Waals surface area contributed by atoms with E-state index < -0.39 is 0 Å². The number of benzene rings is 1. The molecule has 1 atom stereocenters. The van der Waals surface area contributed by atoms with E-state index in [-0.39, 0.29) is 6.04 Å². The average Bonchev–Trinajstić information content (AvgIpc) is 2.40. The number of nitrogens with zero attached hydrogens (tertiary/aromatic N) is 2. The molecule has 2 rings (SSSR count). The highest BCUT2D eigenvalue weighted by Crippen LogP contribution is 2.20. The molecule has 1 aromatic carbocycles. The van der Waals surface area contributed by atoms with Gasteiger partial charge in [0.25, 0.3) is 0 Å². The topological polar surface area (TPSA) is 51.8 Å². The van der Waals surface area contributed by atoms with Gasteiger partial charge >= 0.3 is 0 Å². The van der Waals surface area contributed by atoms with Gasteiger partial charge in [0, 0.05) is 35.4 Å². The predicted molar refractivity (Wildman–Crippen MR) is 74.4 cm³/mol. The Morgan fingerprint density at radius 3 is 2.28 bits per heavy atom. The maximum atomic E-state index is 5.88. The fraction of sp³-hybridized carbons (Fsp3) is 0.286. The standard InChI is InChI=1S/C14H16ClN3/c1-2-13(16)7-14-17-8-11(9-18-14)10-3-5-12(15)6-4-10/h3-6,8-9,13H,2,7,16H2,1H3. The third kappa shape index (κ3) is 3.28. The summed E-state index contributed by atoms with van der Waals surface area (Å²) in [4.78, 5) is 8.68. The van der Waals surface area contributed by atoms with Crippen LogP contribution >= 0.6 is 11.6 Å². The van der Waals surface area contributed by atoms with Crippen LogP contribution in [0.15, 0.2) is 36.7 Å². The summed E-state index contributed by atoms with van der Waals surface area (Å²) in [5.41, 5.74) is 7.92. The Hall–Kier alpha value is -1.45. The first kappa shape index (κ1) is 13.0. The van der Waals surface area contributed by atoms with Gasteiger partial charge in [-0.25, -0.2) is 9.97 Å². The lowest BCUT2D eigenvalue weighted by atomic mass is 10.1. The van der Waals surface area contributed by atoms with Crippen LogP contribution in [0.3, 0.4) is 0 Å². The molecule has 1 heterocycles. The lowest BCUT2D eigenvalue weighted by Crippen LogP contribution is -2.22. The van der Waals surface area contributed by atoms with Gasteiger partial charge in [0.05, 0.1) is 0 Å². The minimum absolute atomic E-state index is 0.131. The SMILES string of the molecule is CCC(N)Cc1ncc(-c2ccc(Cl)cc2)cn1. The van der Waals surface area contributed by atoms with Crippen molar-refractivity contribution in [2.75, 3.05) is 0 Å². The molecule has 0 spiro atoms. The van der Waals surface area contributed by atoms with E-state index in [1.54, 1.807) is 0 Å². The van der Waals surface area contributed by atoms with Crippen LogP contribution in [0.1, 0.15) is 19.2 Å². The molecule has 18 heavy (non-hydrogen) atoms. The maximum Gasteiger partial charge on any atom is 0.129 e. The molecule has 0 aliphatic carbocycles. The zero-order valence-corrected chi connectivity index (χ0v) is 11.1. The number of hydrogen-bond acceptors (Lipinski definition) is 3. The van der Waals surface area contributed by atoms with Gasteiger partial charge in [-0.15, -0.1) is 0 Å². The zero-order valence-electron chi connectivity index (χ0n) is 10.3. The van der Waals surface area contributed by atoms with Crippen molar-refractivity contribution in [3.8, 4) is 11.1 Å². The van der Waals surface area contributed by atoms with Gasteiger partial charge in [0.1, 0.15) is 5.82 Å². The third-order valence-corrected chi connectivity index (χ3v) is 3.10. The molecule has 2 N–H and O–H groups in total. The van der Waals surface area contributed by atoms with E-state index in [1.165, 1.54) is 0 Å². The molecule has 0 radical (unpaired) electrons. The minimum Gasteiger partial charge on any atom is -0.327 e. The molecule has 0 aliphatic heterocycles. The van der Waals surface area contributed by atoms with Crippen molar-refractivity contribution < 1.29 is 0 Å². The van der Waals surface area contributed by atoms with Crippen LogP contribution in [0.5, 0.6) is 0 Å². The summed E-state index contributed by atoms with van der Waals surface area (Å²) in [6.07, 6.45) is 5.31. The molecule has 0 saturated heterocycles. The van der Waals surface area contributed by atoms with Crippen molar-refractivity contribution in [3.05, 3.63) is 47.5 Å². The average molecular weight is 262 g/mol. The highest BCUT2D eigenvalue weighted by molar-refractivity contribution is 6.30. The van der Waals surface area contributed by atoms with E-state index in [9.17, 15) is 0 Å². The largest absolute Gasteiger partial charge is 0.327 e. The molecule has 1 aromatic heterocycles. The molecular formula is C14H16ClN3. The van der Waals surface area contributed by atoms with E-state index in [4.69, 9.17) is 17.3 Å². The number of nitrogens with two attached hydrogens (primary N) is 1. The molecule has 0 saturated carbocycles. The van der Waals surface area contributed by atoms with Crippen LogP contribution in [0.25, 0.3) is 11.1 Å². The Labute approximate surface area is 112 Å². The summed E-state index contributed by atoms with van der Waals surface area (Å²) in [6.45, 7) is 2.06. The Morgan fingerprint density at radius 1 is 1.11 bits per heavy atom. The van der Waals surface area contributed by atoms with Crippen LogP contribution in [0.4, 0.5) is 0 Å². The van der Waals surface area contributed by atoms with Crippen molar-refractivity contribution in [3.63, 3.8) is 0 Å². The van der Waals surface area contributed by atoms with Gasteiger partial charge < -0.3 is 5.73 Å². The Bertz CT molecular complexity index is 493. The van der Waals surface area contributed by atoms with Gasteiger partial charge in [-0.1, -0.05) is 30.7 Å². The predicted octanol–water partition coefficient (Wildman–Crippen LogP) is 3.08. The summed E-state index contributed by atoms with van der Waals surface area (Å²) in [5, 5.41) is 0.727. The monoisotopic (exact) mass is 261 g/mol. The molecule has 0 aliphatic rings. The van der Waals surface area contributed by atoms with Crippen LogP contribution < -0.4 is 5.73 Å². The van der Waals surface area contributed by atoms with E-state index >= 15 is 0 Å². The van der Waals surface area contributed by atoms with Crippen molar-refractivity contribution in [1.82, 2.24) is 9.97 Å². The molecule has 3 nitrogen and oxygen atoms in total. The summed E-state index contributed by atoms with van der Waals surface area (Å²) < 4.78 is 0. The van der Waals surface area contributed by atoms with E-state index in [0.29, 0.717) is 0 Å². The third-order valence-electron chi connectivity index (χ3n) is 2.85.